The number of para-hydroxylation sites is 2. The average molecular weight is 253 g/mol. The molecule has 0 bridgehead atoms. The molecule has 0 aliphatic carbocycles. The molecule has 1 N–H and O–H groups in total. The van der Waals surface area contributed by atoms with Crippen molar-refractivity contribution in [3.8, 4) is 11.5 Å². The summed E-state index contributed by atoms with van der Waals surface area (Å²) in [5, 5.41) is 2.86. The van der Waals surface area contributed by atoms with Crippen LogP contribution in [0.2, 0.25) is 0 Å². The third-order valence-corrected chi connectivity index (χ3v) is 3.27. The van der Waals surface area contributed by atoms with Crippen molar-refractivity contribution in [3.05, 3.63) is 53.6 Å². The fourth-order valence-electron chi connectivity index (χ4n) is 2.14. The first-order valence-electron chi connectivity index (χ1n) is 6.37. The number of carbonyl (C=O) groups excluding carboxylic acids is 1. The van der Waals surface area contributed by atoms with Crippen molar-refractivity contribution in [2.45, 2.75) is 19.8 Å². The molecule has 2 aromatic rings. The van der Waals surface area contributed by atoms with Gasteiger partial charge in [0.15, 0.2) is 5.75 Å². The Bertz CT molecular complexity index is 647. The van der Waals surface area contributed by atoms with E-state index in [2.05, 4.69) is 19.2 Å². The van der Waals surface area contributed by atoms with E-state index in [0.717, 1.165) is 5.56 Å². The summed E-state index contributed by atoms with van der Waals surface area (Å²) in [7, 11) is 0. The molecular weight excluding hydrogens is 238 g/mol. The van der Waals surface area contributed by atoms with Gasteiger partial charge in [0.25, 0.3) is 5.91 Å². The summed E-state index contributed by atoms with van der Waals surface area (Å²) in [6.07, 6.45) is 0. The molecule has 0 atom stereocenters. The van der Waals surface area contributed by atoms with Gasteiger partial charge in [0.1, 0.15) is 5.75 Å². The van der Waals surface area contributed by atoms with Crippen molar-refractivity contribution in [1.29, 1.82) is 0 Å². The van der Waals surface area contributed by atoms with Crippen molar-refractivity contribution in [2.75, 3.05) is 5.32 Å². The minimum atomic E-state index is -0.129. The van der Waals surface area contributed by atoms with Crippen LogP contribution in [0.5, 0.6) is 11.5 Å². The van der Waals surface area contributed by atoms with Crippen LogP contribution in [-0.4, -0.2) is 5.91 Å². The number of ether oxygens (including phenoxy) is 1. The lowest BCUT2D eigenvalue weighted by atomic mass is 10.0. The zero-order valence-corrected chi connectivity index (χ0v) is 10.9. The largest absolute Gasteiger partial charge is 0.454 e. The van der Waals surface area contributed by atoms with Crippen molar-refractivity contribution in [2.24, 2.45) is 0 Å². The summed E-state index contributed by atoms with van der Waals surface area (Å²) in [4.78, 5) is 12.2. The second-order valence-corrected chi connectivity index (χ2v) is 4.96. The van der Waals surface area contributed by atoms with Crippen LogP contribution in [-0.2, 0) is 0 Å². The van der Waals surface area contributed by atoms with E-state index in [1.807, 2.05) is 42.5 Å². The van der Waals surface area contributed by atoms with Crippen molar-refractivity contribution >= 4 is 11.6 Å². The molecule has 19 heavy (non-hydrogen) atoms. The summed E-state index contributed by atoms with van der Waals surface area (Å²) >= 11 is 0. The van der Waals surface area contributed by atoms with E-state index >= 15 is 0 Å². The van der Waals surface area contributed by atoms with E-state index in [9.17, 15) is 4.79 Å². The molecule has 0 spiro atoms. The molecule has 0 saturated carbocycles. The number of carbonyl (C=O) groups is 1. The number of rotatable bonds is 1. The summed E-state index contributed by atoms with van der Waals surface area (Å²) in [5.41, 5.74) is 2.43. The third-order valence-electron chi connectivity index (χ3n) is 3.27. The van der Waals surface area contributed by atoms with Gasteiger partial charge in [-0.25, -0.2) is 0 Å². The van der Waals surface area contributed by atoms with Crippen LogP contribution >= 0.6 is 0 Å². The van der Waals surface area contributed by atoms with Crippen LogP contribution in [0.4, 0.5) is 5.69 Å². The molecule has 96 valence electrons. The second-order valence-electron chi connectivity index (χ2n) is 4.96. The number of hydrogen-bond donors (Lipinski definition) is 1. The summed E-state index contributed by atoms with van der Waals surface area (Å²) in [5.74, 6) is 1.56. The van der Waals surface area contributed by atoms with Gasteiger partial charge in [-0.2, -0.15) is 0 Å². The third kappa shape index (κ3) is 2.08. The molecule has 0 unspecified atom stereocenters. The molecule has 1 aliphatic rings. The van der Waals surface area contributed by atoms with Gasteiger partial charge < -0.3 is 10.1 Å². The molecule has 3 heteroatoms. The molecule has 2 aromatic carbocycles. The smallest absolute Gasteiger partial charge is 0.259 e. The molecular formula is C16H15NO2. The van der Waals surface area contributed by atoms with Crippen molar-refractivity contribution in [3.63, 3.8) is 0 Å². The van der Waals surface area contributed by atoms with Gasteiger partial charge in [-0.1, -0.05) is 32.0 Å². The van der Waals surface area contributed by atoms with Gasteiger partial charge in [0.2, 0.25) is 0 Å². The Morgan fingerprint density at radius 2 is 1.84 bits per heavy atom. The maximum atomic E-state index is 12.2. The van der Waals surface area contributed by atoms with Gasteiger partial charge >= 0.3 is 0 Å². The predicted molar refractivity (Wildman–Crippen MR) is 75.0 cm³/mol. The first-order chi connectivity index (χ1) is 9.15. The Balaban J connectivity index is 2.13. The van der Waals surface area contributed by atoms with Gasteiger partial charge in [0, 0.05) is 0 Å². The molecule has 0 saturated heterocycles. The molecule has 0 radical (unpaired) electrons. The molecule has 0 fully saturated rings. The molecule has 1 amide bonds. The minimum absolute atomic E-state index is 0.129. The molecule has 0 aromatic heterocycles. The highest BCUT2D eigenvalue weighted by Crippen LogP contribution is 2.36. The Labute approximate surface area is 112 Å². The van der Waals surface area contributed by atoms with E-state index in [-0.39, 0.29) is 5.91 Å². The van der Waals surface area contributed by atoms with Crippen molar-refractivity contribution < 1.29 is 9.53 Å². The number of hydrogen-bond acceptors (Lipinski definition) is 2. The van der Waals surface area contributed by atoms with Gasteiger partial charge in [0.05, 0.1) is 11.3 Å². The Hall–Kier alpha value is -2.29. The van der Waals surface area contributed by atoms with E-state index in [1.54, 1.807) is 0 Å². The normalized spacial score (nSPS) is 13.1. The monoisotopic (exact) mass is 253 g/mol. The SMILES string of the molecule is CC(C)c1ccc2c(c1)Oc1ccccc1NC2=O. The van der Waals surface area contributed by atoms with Crippen LogP contribution in [0.15, 0.2) is 42.5 Å². The lowest BCUT2D eigenvalue weighted by Crippen LogP contribution is -2.10. The Morgan fingerprint density at radius 3 is 2.63 bits per heavy atom. The summed E-state index contributed by atoms with van der Waals surface area (Å²) in [6.45, 7) is 4.24. The highest BCUT2D eigenvalue weighted by atomic mass is 16.5. The predicted octanol–water partition coefficient (Wildman–Crippen LogP) is 4.17. The average Bonchev–Trinajstić information content (AvgIpc) is 2.54. The van der Waals surface area contributed by atoms with E-state index in [4.69, 9.17) is 4.74 Å². The Kier molecular flexibility index (Phi) is 2.75. The van der Waals surface area contributed by atoms with Crippen molar-refractivity contribution in [1.82, 2.24) is 0 Å². The maximum absolute atomic E-state index is 12.2. The topological polar surface area (TPSA) is 38.3 Å². The number of anilines is 1. The molecule has 3 nitrogen and oxygen atoms in total. The lowest BCUT2D eigenvalue weighted by Gasteiger charge is -2.10. The standard InChI is InChI=1S/C16H15NO2/c1-10(2)11-7-8-12-15(9-11)19-14-6-4-3-5-13(14)17-16(12)18/h3-10H,1-2H3,(H,17,18). The molecule has 3 rings (SSSR count). The zero-order valence-electron chi connectivity index (χ0n) is 10.9. The van der Waals surface area contributed by atoms with Crippen LogP contribution in [0.1, 0.15) is 35.7 Å². The van der Waals surface area contributed by atoms with E-state index in [1.165, 1.54) is 0 Å². The van der Waals surface area contributed by atoms with Crippen LogP contribution in [0, 0.1) is 0 Å². The second kappa shape index (κ2) is 4.43. The summed E-state index contributed by atoms with van der Waals surface area (Å²) in [6, 6.07) is 13.2. The quantitative estimate of drug-likeness (QED) is 0.828. The fourth-order valence-corrected chi connectivity index (χ4v) is 2.14. The van der Waals surface area contributed by atoms with E-state index < -0.39 is 0 Å². The van der Waals surface area contributed by atoms with Gasteiger partial charge in [-0.15, -0.1) is 0 Å². The lowest BCUT2D eigenvalue weighted by molar-refractivity contribution is 0.102. The van der Waals surface area contributed by atoms with Crippen LogP contribution in [0.3, 0.4) is 0 Å². The van der Waals surface area contributed by atoms with Gasteiger partial charge in [-0.05, 0) is 35.7 Å². The Morgan fingerprint density at radius 1 is 1.05 bits per heavy atom. The fraction of sp³-hybridized carbons (Fsp3) is 0.188. The van der Waals surface area contributed by atoms with Gasteiger partial charge in [-0.3, -0.25) is 4.79 Å². The summed E-state index contributed by atoms with van der Waals surface area (Å²) < 4.78 is 5.88. The number of benzene rings is 2. The van der Waals surface area contributed by atoms with E-state index in [0.29, 0.717) is 28.7 Å². The number of nitrogens with one attached hydrogen (secondary N) is 1. The van der Waals surface area contributed by atoms with Crippen LogP contribution < -0.4 is 10.1 Å². The minimum Gasteiger partial charge on any atom is -0.454 e. The highest BCUT2D eigenvalue weighted by molar-refractivity contribution is 6.08. The first-order valence-corrected chi connectivity index (χ1v) is 6.37. The molecule has 1 aliphatic heterocycles. The first kappa shape index (κ1) is 11.8. The highest BCUT2D eigenvalue weighted by Gasteiger charge is 2.20. The van der Waals surface area contributed by atoms with Crippen LogP contribution in [0.25, 0.3) is 0 Å². The zero-order chi connectivity index (χ0) is 13.4. The number of fused-ring (bicyclic) bond motifs is 2. The number of amides is 1. The molecule has 1 heterocycles. The maximum Gasteiger partial charge on any atom is 0.259 e.